The summed E-state index contributed by atoms with van der Waals surface area (Å²) in [5.41, 5.74) is 0.846. The first-order valence-electron chi connectivity index (χ1n) is 7.69. The zero-order valence-electron chi connectivity index (χ0n) is 13.0. The van der Waals surface area contributed by atoms with Crippen molar-refractivity contribution in [2.45, 2.75) is 38.6 Å². The summed E-state index contributed by atoms with van der Waals surface area (Å²) < 4.78 is 40.0. The van der Waals surface area contributed by atoms with Crippen molar-refractivity contribution in [1.29, 1.82) is 0 Å². The quantitative estimate of drug-likeness (QED) is 0.873. The first-order valence-corrected chi connectivity index (χ1v) is 7.69. The van der Waals surface area contributed by atoms with Gasteiger partial charge in [0.25, 0.3) is 0 Å². The van der Waals surface area contributed by atoms with Gasteiger partial charge in [0.1, 0.15) is 5.75 Å². The highest BCUT2D eigenvalue weighted by atomic mass is 19.4. The Labute approximate surface area is 133 Å². The fraction of sp³-hybridized carbons (Fsp3) is 0.562. The fourth-order valence-corrected chi connectivity index (χ4v) is 2.70. The van der Waals surface area contributed by atoms with Gasteiger partial charge in [-0.1, -0.05) is 12.1 Å². The third-order valence-electron chi connectivity index (χ3n) is 3.86. The fourth-order valence-electron chi connectivity index (χ4n) is 2.70. The lowest BCUT2D eigenvalue weighted by atomic mass is 9.92. The summed E-state index contributed by atoms with van der Waals surface area (Å²) in [6.45, 7) is 3.38. The van der Waals surface area contributed by atoms with Crippen LogP contribution >= 0.6 is 0 Å². The van der Waals surface area contributed by atoms with Crippen molar-refractivity contribution in [3.05, 3.63) is 29.8 Å². The molecular formula is C16H21F3N2O2. The van der Waals surface area contributed by atoms with Crippen LogP contribution in [0.25, 0.3) is 0 Å². The molecule has 2 N–H and O–H groups in total. The maximum Gasteiger partial charge on any atom is 0.573 e. The van der Waals surface area contributed by atoms with Crippen molar-refractivity contribution >= 4 is 5.91 Å². The molecule has 0 spiro atoms. The SMILES string of the molecule is C[C@H]1C[C@@H](C(=O)NCCc2ccc(OC(F)(F)F)cc2)CCN1. The van der Waals surface area contributed by atoms with Crippen molar-refractivity contribution in [1.82, 2.24) is 10.6 Å². The monoisotopic (exact) mass is 330 g/mol. The van der Waals surface area contributed by atoms with Gasteiger partial charge in [0.2, 0.25) is 5.91 Å². The van der Waals surface area contributed by atoms with Gasteiger partial charge in [0, 0.05) is 18.5 Å². The number of amides is 1. The zero-order chi connectivity index (χ0) is 16.9. The van der Waals surface area contributed by atoms with E-state index in [9.17, 15) is 18.0 Å². The van der Waals surface area contributed by atoms with E-state index < -0.39 is 6.36 Å². The minimum absolute atomic E-state index is 0.0359. The average molecular weight is 330 g/mol. The Balaban J connectivity index is 1.74. The van der Waals surface area contributed by atoms with Crippen LogP contribution in [-0.4, -0.2) is 31.4 Å². The molecule has 0 saturated carbocycles. The van der Waals surface area contributed by atoms with Crippen LogP contribution < -0.4 is 15.4 Å². The molecule has 4 nitrogen and oxygen atoms in total. The number of rotatable bonds is 5. The van der Waals surface area contributed by atoms with E-state index in [1.165, 1.54) is 12.1 Å². The minimum Gasteiger partial charge on any atom is -0.406 e. The van der Waals surface area contributed by atoms with Gasteiger partial charge in [-0.3, -0.25) is 4.79 Å². The summed E-state index contributed by atoms with van der Waals surface area (Å²) in [4.78, 5) is 12.1. The largest absolute Gasteiger partial charge is 0.573 e. The third kappa shape index (κ3) is 6.09. The first-order chi connectivity index (χ1) is 10.8. The van der Waals surface area contributed by atoms with Gasteiger partial charge in [-0.25, -0.2) is 0 Å². The van der Waals surface area contributed by atoms with Gasteiger partial charge in [-0.15, -0.1) is 13.2 Å². The molecule has 0 unspecified atom stereocenters. The van der Waals surface area contributed by atoms with E-state index in [2.05, 4.69) is 22.3 Å². The summed E-state index contributed by atoms with van der Waals surface area (Å²) in [5.74, 6) is -0.154. The topological polar surface area (TPSA) is 50.4 Å². The smallest absolute Gasteiger partial charge is 0.406 e. The van der Waals surface area contributed by atoms with E-state index in [0.717, 1.165) is 24.9 Å². The molecule has 1 aliphatic heterocycles. The first kappa shape index (κ1) is 17.6. The normalized spacial score (nSPS) is 21.7. The molecule has 2 atom stereocenters. The number of alkyl halides is 3. The average Bonchev–Trinajstić information content (AvgIpc) is 2.47. The number of ether oxygens (including phenoxy) is 1. The van der Waals surface area contributed by atoms with Crippen molar-refractivity contribution < 1.29 is 22.7 Å². The molecule has 2 rings (SSSR count). The third-order valence-corrected chi connectivity index (χ3v) is 3.86. The number of nitrogens with one attached hydrogen (secondary N) is 2. The molecule has 0 aromatic heterocycles. The summed E-state index contributed by atoms with van der Waals surface area (Å²) in [7, 11) is 0. The second-order valence-corrected chi connectivity index (χ2v) is 5.81. The molecule has 0 radical (unpaired) electrons. The molecule has 1 fully saturated rings. The van der Waals surface area contributed by atoms with Gasteiger partial charge in [0.05, 0.1) is 0 Å². The summed E-state index contributed by atoms with van der Waals surface area (Å²) >= 11 is 0. The Morgan fingerprint density at radius 3 is 2.65 bits per heavy atom. The second kappa shape index (κ2) is 7.68. The van der Waals surface area contributed by atoms with Crippen LogP contribution in [0.1, 0.15) is 25.3 Å². The van der Waals surface area contributed by atoms with Gasteiger partial charge in [-0.2, -0.15) is 0 Å². The molecule has 1 aromatic carbocycles. The van der Waals surface area contributed by atoms with E-state index in [-0.39, 0.29) is 17.6 Å². The van der Waals surface area contributed by atoms with Crippen LogP contribution in [0.5, 0.6) is 5.75 Å². The maximum atomic E-state index is 12.1. The Hall–Kier alpha value is -1.76. The van der Waals surface area contributed by atoms with E-state index >= 15 is 0 Å². The highest BCUT2D eigenvalue weighted by molar-refractivity contribution is 5.78. The Morgan fingerprint density at radius 2 is 2.04 bits per heavy atom. The second-order valence-electron chi connectivity index (χ2n) is 5.81. The Kier molecular flexibility index (Phi) is 5.87. The molecular weight excluding hydrogens is 309 g/mol. The van der Waals surface area contributed by atoms with Crippen LogP contribution in [0, 0.1) is 5.92 Å². The minimum atomic E-state index is -4.68. The van der Waals surface area contributed by atoms with Crippen LogP contribution in [0.4, 0.5) is 13.2 Å². The van der Waals surface area contributed by atoms with Crippen molar-refractivity contribution in [2.75, 3.05) is 13.1 Å². The molecule has 128 valence electrons. The number of benzene rings is 1. The molecule has 1 amide bonds. The van der Waals surface area contributed by atoms with Gasteiger partial charge < -0.3 is 15.4 Å². The number of carbonyl (C=O) groups excluding carboxylic acids is 1. The highest BCUT2D eigenvalue weighted by Gasteiger charge is 2.31. The molecule has 0 aliphatic carbocycles. The number of piperidine rings is 1. The molecule has 1 aliphatic rings. The summed E-state index contributed by atoms with van der Waals surface area (Å²) in [6, 6.07) is 6.04. The lowest BCUT2D eigenvalue weighted by Crippen LogP contribution is -2.42. The molecule has 7 heteroatoms. The molecule has 1 saturated heterocycles. The highest BCUT2D eigenvalue weighted by Crippen LogP contribution is 2.22. The molecule has 1 aromatic rings. The van der Waals surface area contributed by atoms with Crippen molar-refractivity contribution in [2.24, 2.45) is 5.92 Å². The summed E-state index contributed by atoms with van der Waals surface area (Å²) in [5, 5.41) is 6.19. The maximum absolute atomic E-state index is 12.1. The standard InChI is InChI=1S/C16H21F3N2O2/c1-11-10-13(7-9-20-11)15(22)21-8-6-12-2-4-14(5-3-12)23-16(17,18)19/h2-5,11,13,20H,6-10H2,1H3,(H,21,22)/t11-,13-/m0/s1. The molecule has 23 heavy (non-hydrogen) atoms. The molecule has 1 heterocycles. The Morgan fingerprint density at radius 1 is 1.35 bits per heavy atom. The lowest BCUT2D eigenvalue weighted by Gasteiger charge is -2.27. The van der Waals surface area contributed by atoms with E-state index in [1.54, 1.807) is 12.1 Å². The zero-order valence-corrected chi connectivity index (χ0v) is 13.0. The van der Waals surface area contributed by atoms with E-state index in [1.807, 2.05) is 0 Å². The number of carbonyl (C=O) groups is 1. The van der Waals surface area contributed by atoms with Gasteiger partial charge in [-0.05, 0) is 50.4 Å². The van der Waals surface area contributed by atoms with Crippen LogP contribution in [0.15, 0.2) is 24.3 Å². The van der Waals surface area contributed by atoms with Crippen molar-refractivity contribution in [3.63, 3.8) is 0 Å². The van der Waals surface area contributed by atoms with Crippen LogP contribution in [-0.2, 0) is 11.2 Å². The predicted octanol–water partition coefficient (Wildman–Crippen LogP) is 2.63. The van der Waals surface area contributed by atoms with Gasteiger partial charge in [0.15, 0.2) is 0 Å². The van der Waals surface area contributed by atoms with Crippen LogP contribution in [0.3, 0.4) is 0 Å². The summed E-state index contributed by atoms with van der Waals surface area (Å²) in [6.07, 6.45) is -2.45. The van der Waals surface area contributed by atoms with E-state index in [0.29, 0.717) is 19.0 Å². The van der Waals surface area contributed by atoms with Gasteiger partial charge >= 0.3 is 6.36 Å². The Bertz CT molecular complexity index is 517. The lowest BCUT2D eigenvalue weighted by molar-refractivity contribution is -0.274. The number of hydrogen-bond acceptors (Lipinski definition) is 3. The number of hydrogen-bond donors (Lipinski definition) is 2. The predicted molar refractivity (Wildman–Crippen MR) is 80.0 cm³/mol. The van der Waals surface area contributed by atoms with Crippen LogP contribution in [0.2, 0.25) is 0 Å². The molecule has 0 bridgehead atoms. The van der Waals surface area contributed by atoms with E-state index in [4.69, 9.17) is 0 Å². The van der Waals surface area contributed by atoms with Crippen molar-refractivity contribution in [3.8, 4) is 5.75 Å². The number of halogens is 3.